The summed E-state index contributed by atoms with van der Waals surface area (Å²) in [5, 5.41) is 19.6. The molecule has 1 amide bonds. The Hall–Kier alpha value is -2.15. The molecule has 7 heteroatoms. The van der Waals surface area contributed by atoms with E-state index in [1.54, 1.807) is 0 Å². The maximum absolute atomic E-state index is 12.6. The van der Waals surface area contributed by atoms with Crippen molar-refractivity contribution in [3.63, 3.8) is 0 Å². The lowest BCUT2D eigenvalue weighted by molar-refractivity contribution is -0.142. The summed E-state index contributed by atoms with van der Waals surface area (Å²) < 4.78 is 17.7. The van der Waals surface area contributed by atoms with Crippen molar-refractivity contribution in [1.29, 1.82) is 0 Å². The summed E-state index contributed by atoms with van der Waals surface area (Å²) in [6.07, 6.45) is -0.0857. The van der Waals surface area contributed by atoms with Crippen LogP contribution in [-0.4, -0.2) is 41.3 Å². The Morgan fingerprint density at radius 3 is 2.47 bits per heavy atom. The number of halogens is 1. The number of carbonyl (C=O) groups excluding carboxylic acids is 1. The second-order valence-electron chi connectivity index (χ2n) is 3.71. The van der Waals surface area contributed by atoms with Crippen molar-refractivity contribution in [2.45, 2.75) is 12.5 Å². The highest BCUT2D eigenvalue weighted by Gasteiger charge is 2.19. The second kappa shape index (κ2) is 7.32. The topological polar surface area (TPSA) is 95.9 Å². The molecule has 0 radical (unpaired) electrons. The first-order valence-corrected chi connectivity index (χ1v) is 5.54. The third-order valence-electron chi connectivity index (χ3n) is 2.23. The van der Waals surface area contributed by atoms with E-state index in [-0.39, 0.29) is 19.6 Å². The van der Waals surface area contributed by atoms with E-state index in [4.69, 9.17) is 14.9 Å². The number of rotatable bonds is 7. The molecule has 1 rings (SSSR count). The van der Waals surface area contributed by atoms with Gasteiger partial charge in [0.1, 0.15) is 17.6 Å². The summed E-state index contributed by atoms with van der Waals surface area (Å²) >= 11 is 0. The Balaban J connectivity index is 2.42. The first kappa shape index (κ1) is 14.9. The van der Waals surface area contributed by atoms with Crippen molar-refractivity contribution in [2.24, 2.45) is 0 Å². The van der Waals surface area contributed by atoms with Crippen LogP contribution in [0.1, 0.15) is 6.42 Å². The fraction of sp³-hybridized carbons (Fsp3) is 0.333. The minimum Gasteiger partial charge on any atom is -0.484 e. The van der Waals surface area contributed by atoms with Gasteiger partial charge < -0.3 is 20.3 Å². The molecule has 104 valence electrons. The smallest absolute Gasteiger partial charge is 0.326 e. The normalized spacial score (nSPS) is 11.7. The molecular weight excluding hydrogens is 257 g/mol. The Labute approximate surface area is 108 Å². The van der Waals surface area contributed by atoms with Gasteiger partial charge in [0.15, 0.2) is 6.61 Å². The summed E-state index contributed by atoms with van der Waals surface area (Å²) in [7, 11) is 0. The highest BCUT2D eigenvalue weighted by molar-refractivity contribution is 5.84. The van der Waals surface area contributed by atoms with Gasteiger partial charge in [0, 0.05) is 13.0 Å². The number of carboxylic acids is 1. The molecule has 1 atom stereocenters. The predicted molar refractivity (Wildman–Crippen MR) is 63.2 cm³/mol. The molecule has 3 N–H and O–H groups in total. The first-order chi connectivity index (χ1) is 9.02. The molecule has 0 heterocycles. The number of hydrogen-bond donors (Lipinski definition) is 3. The zero-order valence-corrected chi connectivity index (χ0v) is 10.0. The standard InChI is InChI=1S/C12H14FNO5/c13-8-1-3-9(4-2-8)19-7-11(16)14-10(5-6-15)12(17)18/h1-4,10,15H,5-7H2,(H,14,16)(H,17,18)/t10-/m0/s1. The van der Waals surface area contributed by atoms with Gasteiger partial charge in [-0.3, -0.25) is 4.79 Å². The molecule has 1 aromatic rings. The average molecular weight is 271 g/mol. The van der Waals surface area contributed by atoms with E-state index in [1.807, 2.05) is 0 Å². The summed E-state index contributed by atoms with van der Waals surface area (Å²) in [5.41, 5.74) is 0. The summed E-state index contributed by atoms with van der Waals surface area (Å²) in [6.45, 7) is -0.739. The van der Waals surface area contributed by atoms with Gasteiger partial charge in [-0.2, -0.15) is 0 Å². The van der Waals surface area contributed by atoms with Gasteiger partial charge in [-0.15, -0.1) is 0 Å². The minimum atomic E-state index is -1.23. The molecule has 0 bridgehead atoms. The molecule has 0 aromatic heterocycles. The van der Waals surface area contributed by atoms with Gasteiger partial charge in [0.25, 0.3) is 5.91 Å². The number of aliphatic hydroxyl groups excluding tert-OH is 1. The van der Waals surface area contributed by atoms with Crippen molar-refractivity contribution in [1.82, 2.24) is 5.32 Å². The Morgan fingerprint density at radius 2 is 1.95 bits per heavy atom. The van der Waals surface area contributed by atoms with E-state index < -0.39 is 23.7 Å². The maximum atomic E-state index is 12.6. The predicted octanol–water partition coefficient (Wildman–Crippen LogP) is 0.156. The van der Waals surface area contributed by atoms with Crippen LogP contribution in [0.25, 0.3) is 0 Å². The Bertz CT molecular complexity index is 434. The molecule has 0 saturated carbocycles. The lowest BCUT2D eigenvalue weighted by Crippen LogP contribution is -2.43. The maximum Gasteiger partial charge on any atom is 0.326 e. The number of ether oxygens (including phenoxy) is 1. The van der Waals surface area contributed by atoms with E-state index in [9.17, 15) is 14.0 Å². The van der Waals surface area contributed by atoms with Crippen molar-refractivity contribution in [2.75, 3.05) is 13.2 Å². The van der Waals surface area contributed by atoms with Gasteiger partial charge >= 0.3 is 5.97 Å². The molecule has 0 aliphatic heterocycles. The van der Waals surface area contributed by atoms with Crippen molar-refractivity contribution < 1.29 is 28.9 Å². The van der Waals surface area contributed by atoms with Crippen LogP contribution >= 0.6 is 0 Å². The fourth-order valence-electron chi connectivity index (χ4n) is 1.30. The zero-order chi connectivity index (χ0) is 14.3. The van der Waals surface area contributed by atoms with E-state index >= 15 is 0 Å². The summed E-state index contributed by atoms with van der Waals surface area (Å²) in [4.78, 5) is 22.1. The van der Waals surface area contributed by atoms with Gasteiger partial charge in [0.2, 0.25) is 0 Å². The van der Waals surface area contributed by atoms with Gasteiger partial charge in [-0.1, -0.05) is 0 Å². The van der Waals surface area contributed by atoms with E-state index in [2.05, 4.69) is 5.32 Å². The third-order valence-corrected chi connectivity index (χ3v) is 2.23. The molecule has 6 nitrogen and oxygen atoms in total. The number of aliphatic carboxylic acids is 1. The SMILES string of the molecule is O=C(COc1ccc(F)cc1)N[C@@H](CCO)C(=O)O. The lowest BCUT2D eigenvalue weighted by atomic mass is 10.2. The monoisotopic (exact) mass is 271 g/mol. The molecule has 0 aliphatic rings. The van der Waals surface area contributed by atoms with Crippen LogP contribution < -0.4 is 10.1 Å². The van der Waals surface area contributed by atoms with E-state index in [1.165, 1.54) is 24.3 Å². The molecule has 19 heavy (non-hydrogen) atoms. The second-order valence-corrected chi connectivity index (χ2v) is 3.71. The van der Waals surface area contributed by atoms with E-state index in [0.29, 0.717) is 5.75 Å². The average Bonchev–Trinajstić information content (AvgIpc) is 2.37. The lowest BCUT2D eigenvalue weighted by Gasteiger charge is -2.13. The van der Waals surface area contributed by atoms with Crippen molar-refractivity contribution in [3.05, 3.63) is 30.1 Å². The number of carboxylic acid groups (broad SMARTS) is 1. The third kappa shape index (κ3) is 5.35. The first-order valence-electron chi connectivity index (χ1n) is 5.54. The van der Waals surface area contributed by atoms with Crippen LogP contribution in [0, 0.1) is 5.82 Å². The molecular formula is C12H14FNO5. The largest absolute Gasteiger partial charge is 0.484 e. The molecule has 0 spiro atoms. The van der Waals surface area contributed by atoms with Gasteiger partial charge in [0.05, 0.1) is 0 Å². The van der Waals surface area contributed by atoms with E-state index in [0.717, 1.165) is 0 Å². The number of aliphatic hydroxyl groups is 1. The zero-order valence-electron chi connectivity index (χ0n) is 10.0. The van der Waals surface area contributed by atoms with Crippen LogP contribution in [-0.2, 0) is 9.59 Å². The highest BCUT2D eigenvalue weighted by atomic mass is 19.1. The van der Waals surface area contributed by atoms with Crippen LogP contribution in [0.3, 0.4) is 0 Å². The van der Waals surface area contributed by atoms with Gasteiger partial charge in [-0.05, 0) is 24.3 Å². The molecule has 0 aliphatic carbocycles. The summed E-state index contributed by atoms with van der Waals surface area (Å²) in [5.74, 6) is -1.99. The van der Waals surface area contributed by atoms with Crippen LogP contribution in [0.4, 0.5) is 4.39 Å². The molecule has 1 aromatic carbocycles. The minimum absolute atomic E-state index is 0.0857. The molecule has 0 saturated heterocycles. The highest BCUT2D eigenvalue weighted by Crippen LogP contribution is 2.10. The fourth-order valence-corrected chi connectivity index (χ4v) is 1.30. The Kier molecular flexibility index (Phi) is 5.74. The van der Waals surface area contributed by atoms with Crippen LogP contribution in [0.15, 0.2) is 24.3 Å². The number of amides is 1. The number of benzene rings is 1. The van der Waals surface area contributed by atoms with Crippen LogP contribution in [0.2, 0.25) is 0 Å². The molecule has 0 unspecified atom stereocenters. The molecule has 0 fully saturated rings. The van der Waals surface area contributed by atoms with Crippen molar-refractivity contribution in [3.8, 4) is 5.75 Å². The Morgan fingerprint density at radius 1 is 1.32 bits per heavy atom. The summed E-state index contributed by atoms with van der Waals surface area (Å²) in [6, 6.07) is 3.91. The number of nitrogens with one attached hydrogen (secondary N) is 1. The number of hydrogen-bond acceptors (Lipinski definition) is 4. The quantitative estimate of drug-likeness (QED) is 0.656. The van der Waals surface area contributed by atoms with Gasteiger partial charge in [-0.25, -0.2) is 9.18 Å². The van der Waals surface area contributed by atoms with Crippen LogP contribution in [0.5, 0.6) is 5.75 Å². The number of carbonyl (C=O) groups is 2. The van der Waals surface area contributed by atoms with Crippen molar-refractivity contribution >= 4 is 11.9 Å².